The van der Waals surface area contributed by atoms with Crippen LogP contribution in [0, 0.1) is 0 Å². The molecule has 2 N–H and O–H groups in total. The van der Waals surface area contributed by atoms with Crippen molar-refractivity contribution in [2.45, 2.75) is 25.5 Å². The third-order valence-electron chi connectivity index (χ3n) is 2.79. The van der Waals surface area contributed by atoms with Gasteiger partial charge < -0.3 is 20.0 Å². The highest BCUT2D eigenvalue weighted by Crippen LogP contribution is 2.18. The van der Waals surface area contributed by atoms with Crippen LogP contribution < -0.4 is 0 Å². The molecule has 0 aromatic rings. The number of likely N-dealkylation sites (tertiary alicyclic amines) is 1. The third-order valence-corrected chi connectivity index (χ3v) is 2.79. The van der Waals surface area contributed by atoms with Gasteiger partial charge in [0.25, 0.3) is 0 Å². The minimum absolute atomic E-state index is 0.00153. The van der Waals surface area contributed by atoms with Gasteiger partial charge in [0, 0.05) is 26.9 Å². The Balaban J connectivity index is 2.67. The minimum Gasteiger partial charge on any atom is -0.480 e. The normalized spacial score (nSPS) is 23.6. The molecule has 17 heavy (non-hydrogen) atoms. The number of amides is 2. The molecule has 1 heterocycles. The maximum Gasteiger partial charge on any atom is 0.326 e. The monoisotopic (exact) mass is 244 g/mol. The summed E-state index contributed by atoms with van der Waals surface area (Å²) in [6.07, 6.45) is -0.784. The van der Waals surface area contributed by atoms with Crippen LogP contribution in [0.5, 0.6) is 0 Å². The largest absolute Gasteiger partial charge is 0.480 e. The summed E-state index contributed by atoms with van der Waals surface area (Å²) >= 11 is 0. The fourth-order valence-electron chi connectivity index (χ4n) is 1.73. The molecule has 0 aromatic carbocycles. The van der Waals surface area contributed by atoms with E-state index in [0.717, 1.165) is 4.90 Å². The molecule has 1 rings (SSSR count). The lowest BCUT2D eigenvalue weighted by Gasteiger charge is -2.24. The Morgan fingerprint density at radius 3 is 2.47 bits per heavy atom. The molecule has 1 aliphatic rings. The van der Waals surface area contributed by atoms with E-state index < -0.39 is 24.0 Å². The Morgan fingerprint density at radius 2 is 2.00 bits per heavy atom. The van der Waals surface area contributed by atoms with Crippen molar-refractivity contribution < 1.29 is 24.6 Å². The Kier molecular flexibility index (Phi) is 4.06. The zero-order valence-corrected chi connectivity index (χ0v) is 9.79. The van der Waals surface area contributed by atoms with E-state index in [4.69, 9.17) is 5.11 Å². The van der Waals surface area contributed by atoms with Gasteiger partial charge in [-0.3, -0.25) is 9.59 Å². The first-order chi connectivity index (χ1) is 7.82. The maximum atomic E-state index is 11.8. The van der Waals surface area contributed by atoms with E-state index in [2.05, 4.69) is 0 Å². The van der Waals surface area contributed by atoms with Gasteiger partial charge in [0.15, 0.2) is 0 Å². The number of aliphatic carboxylic acids is 1. The second-order valence-electron chi connectivity index (χ2n) is 4.16. The molecule has 7 nitrogen and oxygen atoms in total. The minimum atomic E-state index is -1.14. The molecule has 0 bridgehead atoms. The van der Waals surface area contributed by atoms with Crippen molar-refractivity contribution in [3.8, 4) is 0 Å². The fraction of sp³-hybridized carbons (Fsp3) is 0.700. The highest BCUT2D eigenvalue weighted by Gasteiger charge is 2.39. The molecule has 0 spiro atoms. The lowest BCUT2D eigenvalue weighted by molar-refractivity contribution is -0.149. The van der Waals surface area contributed by atoms with Crippen LogP contribution in [-0.4, -0.2) is 70.1 Å². The second kappa shape index (κ2) is 5.13. The molecular weight excluding hydrogens is 228 g/mol. The second-order valence-corrected chi connectivity index (χ2v) is 4.16. The summed E-state index contributed by atoms with van der Waals surface area (Å²) in [4.78, 5) is 35.9. The Labute approximate surface area is 98.6 Å². The first kappa shape index (κ1) is 13.4. The highest BCUT2D eigenvalue weighted by atomic mass is 16.4. The van der Waals surface area contributed by atoms with Gasteiger partial charge in [0.2, 0.25) is 11.8 Å². The lowest BCUT2D eigenvalue weighted by Crippen LogP contribution is -2.45. The molecule has 0 radical (unpaired) electrons. The van der Waals surface area contributed by atoms with Gasteiger partial charge in [-0.2, -0.15) is 0 Å². The van der Waals surface area contributed by atoms with Gasteiger partial charge in [-0.15, -0.1) is 0 Å². The number of likely N-dealkylation sites (N-methyl/N-ethyl adjacent to an activating group) is 1. The third kappa shape index (κ3) is 3.16. The van der Waals surface area contributed by atoms with Crippen molar-refractivity contribution in [3.05, 3.63) is 0 Å². The van der Waals surface area contributed by atoms with Crippen molar-refractivity contribution in [2.24, 2.45) is 0 Å². The van der Waals surface area contributed by atoms with Gasteiger partial charge in [0.05, 0.1) is 12.6 Å². The number of hydrogen-bond acceptors (Lipinski definition) is 4. The average molecular weight is 244 g/mol. The highest BCUT2D eigenvalue weighted by molar-refractivity contribution is 5.88. The van der Waals surface area contributed by atoms with Crippen LogP contribution in [0.25, 0.3) is 0 Å². The van der Waals surface area contributed by atoms with Gasteiger partial charge in [-0.05, 0) is 0 Å². The number of carboxylic acids is 1. The summed E-state index contributed by atoms with van der Waals surface area (Å²) in [7, 11) is 1.46. The van der Waals surface area contributed by atoms with E-state index in [9.17, 15) is 19.5 Å². The number of hydrogen-bond donors (Lipinski definition) is 2. The molecule has 0 aromatic heterocycles. The lowest BCUT2D eigenvalue weighted by atomic mass is 10.2. The van der Waals surface area contributed by atoms with E-state index in [1.54, 1.807) is 0 Å². The van der Waals surface area contributed by atoms with E-state index in [1.807, 2.05) is 0 Å². The smallest absolute Gasteiger partial charge is 0.326 e. The van der Waals surface area contributed by atoms with Crippen LogP contribution in [0.3, 0.4) is 0 Å². The summed E-state index contributed by atoms with van der Waals surface area (Å²) in [5, 5.41) is 18.3. The maximum absolute atomic E-state index is 11.8. The number of aliphatic hydroxyl groups excluding tert-OH is 1. The Hall–Kier alpha value is -1.63. The molecule has 96 valence electrons. The molecule has 0 unspecified atom stereocenters. The molecule has 1 saturated heterocycles. The van der Waals surface area contributed by atoms with Crippen LogP contribution in [0.2, 0.25) is 0 Å². The first-order valence-electron chi connectivity index (χ1n) is 5.25. The average Bonchev–Trinajstić information content (AvgIpc) is 2.60. The molecule has 2 amide bonds. The fourth-order valence-corrected chi connectivity index (χ4v) is 1.73. The van der Waals surface area contributed by atoms with E-state index >= 15 is 0 Å². The van der Waals surface area contributed by atoms with Crippen molar-refractivity contribution in [3.63, 3.8) is 0 Å². The first-order valence-corrected chi connectivity index (χ1v) is 5.25. The number of β-amino-alcohol motifs (C(OH)–C–C–N with tert-alkyl or cyclic N) is 1. The van der Waals surface area contributed by atoms with Crippen LogP contribution in [0.1, 0.15) is 13.3 Å². The van der Waals surface area contributed by atoms with Crippen LogP contribution in [0.15, 0.2) is 0 Å². The zero-order chi connectivity index (χ0) is 13.2. The molecule has 7 heteroatoms. The van der Waals surface area contributed by atoms with Gasteiger partial charge >= 0.3 is 5.97 Å². The molecule has 1 aliphatic heterocycles. The molecule has 0 aliphatic carbocycles. The summed E-state index contributed by atoms with van der Waals surface area (Å²) in [6, 6.07) is -1.00. The van der Waals surface area contributed by atoms with Crippen molar-refractivity contribution in [1.82, 2.24) is 9.80 Å². The molecule has 2 atom stereocenters. The summed E-state index contributed by atoms with van der Waals surface area (Å²) < 4.78 is 0. The Bertz CT molecular complexity index is 344. The van der Waals surface area contributed by atoms with Gasteiger partial charge in [0.1, 0.15) is 6.04 Å². The number of aliphatic hydroxyl groups is 1. The predicted molar refractivity (Wildman–Crippen MR) is 57.1 cm³/mol. The van der Waals surface area contributed by atoms with E-state index in [0.29, 0.717) is 0 Å². The molecule has 0 saturated carbocycles. The number of carbonyl (C=O) groups is 3. The number of carboxylic acid groups (broad SMARTS) is 1. The SMILES string of the molecule is CC(=O)N(C)CC(=O)N1C[C@@H](O)C[C@H]1C(=O)O. The standard InChI is InChI=1S/C10H16N2O5/c1-6(13)11(2)5-9(15)12-4-7(14)3-8(12)10(16)17/h7-8,14H,3-5H2,1-2H3,(H,16,17)/t7-,8-/m0/s1. The van der Waals surface area contributed by atoms with Crippen molar-refractivity contribution >= 4 is 17.8 Å². The van der Waals surface area contributed by atoms with E-state index in [1.165, 1.54) is 18.9 Å². The number of carbonyl (C=O) groups excluding carboxylic acids is 2. The molecular formula is C10H16N2O5. The molecule has 1 fully saturated rings. The van der Waals surface area contributed by atoms with Crippen LogP contribution in [-0.2, 0) is 14.4 Å². The summed E-state index contributed by atoms with van der Waals surface area (Å²) in [5.41, 5.74) is 0. The zero-order valence-electron chi connectivity index (χ0n) is 9.79. The van der Waals surface area contributed by atoms with Gasteiger partial charge in [-0.1, -0.05) is 0 Å². The van der Waals surface area contributed by atoms with Crippen LogP contribution >= 0.6 is 0 Å². The number of nitrogens with zero attached hydrogens (tertiary/aromatic N) is 2. The quantitative estimate of drug-likeness (QED) is 0.630. The summed E-state index contributed by atoms with van der Waals surface area (Å²) in [6.45, 7) is 1.15. The van der Waals surface area contributed by atoms with Crippen molar-refractivity contribution in [2.75, 3.05) is 20.1 Å². The summed E-state index contributed by atoms with van der Waals surface area (Å²) in [5.74, 6) is -1.88. The van der Waals surface area contributed by atoms with Gasteiger partial charge in [-0.25, -0.2) is 4.79 Å². The van der Waals surface area contributed by atoms with Crippen molar-refractivity contribution in [1.29, 1.82) is 0 Å². The Morgan fingerprint density at radius 1 is 1.41 bits per heavy atom. The number of rotatable bonds is 3. The van der Waals surface area contributed by atoms with Crippen LogP contribution in [0.4, 0.5) is 0 Å². The predicted octanol–water partition coefficient (Wildman–Crippen LogP) is -1.49. The van der Waals surface area contributed by atoms with E-state index in [-0.39, 0.29) is 25.4 Å². The topological polar surface area (TPSA) is 98.2 Å².